The van der Waals surface area contributed by atoms with E-state index in [9.17, 15) is 50.6 Å². The SMILES string of the molecule is COC(=O)NC(C(=O)N[C@@H](Cc1ccc(-c2ccc(N3C[C@H]4CC[C@@H]3CN4C3COC3)nc2)cc1)[C@@H](O)CN(Cc1c(F)cc(-c2ccn(C3CC3)n2)cc1F)NC(=O)[C@@H](NC(=O)OC)C(C)(C)C(F)(F)F)C(C)(C)C(F)(F)F. The predicted molar refractivity (Wildman–Crippen MR) is 270 cm³/mol. The van der Waals surface area contributed by atoms with Crippen LogP contribution in [0.25, 0.3) is 22.4 Å². The van der Waals surface area contributed by atoms with Crippen molar-refractivity contribution in [2.45, 2.75) is 127 Å². The lowest BCUT2D eigenvalue weighted by Crippen LogP contribution is -2.68. The average Bonchev–Trinajstić information content (AvgIpc) is 4.17. The molecule has 430 valence electrons. The number of aromatic nitrogens is 3. The number of hydrogen-bond acceptors (Lipinski definition) is 13. The number of alkyl carbamates (subject to hydrolysis) is 2. The molecule has 6 atom stereocenters. The van der Waals surface area contributed by atoms with Crippen molar-refractivity contribution in [3.05, 3.63) is 89.8 Å². The van der Waals surface area contributed by atoms with Gasteiger partial charge in [-0.2, -0.15) is 31.4 Å². The summed E-state index contributed by atoms with van der Waals surface area (Å²) in [5.74, 6) is -4.69. The van der Waals surface area contributed by atoms with Crippen LogP contribution >= 0.6 is 0 Å². The predicted octanol–water partition coefficient (Wildman–Crippen LogP) is 6.82. The second-order valence-electron chi connectivity index (χ2n) is 21.7. The van der Waals surface area contributed by atoms with E-state index in [-0.39, 0.29) is 17.3 Å². The first-order valence-corrected chi connectivity index (χ1v) is 25.7. The molecule has 1 unspecified atom stereocenters. The van der Waals surface area contributed by atoms with E-state index in [4.69, 9.17) is 9.72 Å². The van der Waals surface area contributed by atoms with Gasteiger partial charge in [-0.15, -0.1) is 0 Å². The fourth-order valence-electron chi connectivity index (χ4n) is 10.0. The number of aliphatic hydroxyl groups excluding tert-OH is 1. The van der Waals surface area contributed by atoms with E-state index in [1.54, 1.807) is 47.4 Å². The number of halogens is 8. The van der Waals surface area contributed by atoms with Crippen molar-refractivity contribution in [3.8, 4) is 22.4 Å². The van der Waals surface area contributed by atoms with Gasteiger partial charge in [-0.1, -0.05) is 24.3 Å². The molecule has 5 N–H and O–H groups in total. The standard InChI is InChI=1S/C53H64F8N10O8/c1-50(2,52(56,57)58)44(64-48(75)77-5)46(73)63-41(19-29-7-9-30(10-8-29)31-11-16-43(62-22-31)70-24-34-14-15-35(70)23-69(34)36-27-79-28-36)42(72)26-68(67-47(74)45(65-49(76)78-6)51(3,4)53(59,60)61)25-37-38(54)20-32(21-39(37)55)40-17-18-71(66-40)33-12-13-33/h7-11,16-18,20-22,33-36,41-42,44-45,72H,12-15,19,23-28H2,1-6H3,(H,63,73)(H,64,75)(H,65,76)(H,67,74)/t34-,35-,41+,42+,44?,45-/m1/s1. The lowest BCUT2D eigenvalue weighted by atomic mass is 9.82. The smallest absolute Gasteiger partial charge is 0.407 e. The van der Waals surface area contributed by atoms with E-state index in [2.05, 4.69) is 35.1 Å². The van der Waals surface area contributed by atoms with Crippen molar-refractivity contribution >= 4 is 29.8 Å². The van der Waals surface area contributed by atoms with Crippen LogP contribution in [0.3, 0.4) is 0 Å². The molecule has 18 nitrogen and oxygen atoms in total. The van der Waals surface area contributed by atoms with E-state index in [1.165, 1.54) is 0 Å². The molecule has 4 saturated heterocycles. The van der Waals surface area contributed by atoms with Crippen LogP contribution in [0, 0.1) is 22.5 Å². The van der Waals surface area contributed by atoms with Crippen LogP contribution in [0.1, 0.15) is 70.5 Å². The molecule has 1 saturated carbocycles. The van der Waals surface area contributed by atoms with Crippen LogP contribution in [-0.4, -0.2) is 156 Å². The van der Waals surface area contributed by atoms with Crippen LogP contribution in [0.5, 0.6) is 0 Å². The highest BCUT2D eigenvalue weighted by atomic mass is 19.4. The Kier molecular flexibility index (Phi) is 17.2. The van der Waals surface area contributed by atoms with E-state index >= 15 is 8.78 Å². The summed E-state index contributed by atoms with van der Waals surface area (Å²) in [6.45, 7) is 3.67. The lowest BCUT2D eigenvalue weighted by Gasteiger charge is -2.55. The molecule has 4 aromatic rings. The molecule has 0 radical (unpaired) electrons. The monoisotopic (exact) mass is 1120 g/mol. The number of carbonyl (C=O) groups is 4. The van der Waals surface area contributed by atoms with Crippen molar-refractivity contribution in [3.63, 3.8) is 0 Å². The number of rotatable bonds is 20. The topological polar surface area (TPSA) is 205 Å². The van der Waals surface area contributed by atoms with Crippen molar-refractivity contribution in [1.82, 2.24) is 46.0 Å². The zero-order valence-corrected chi connectivity index (χ0v) is 44.3. The Balaban J connectivity index is 1.09. The summed E-state index contributed by atoms with van der Waals surface area (Å²) < 4.78 is 136. The van der Waals surface area contributed by atoms with Crippen molar-refractivity contribution < 1.29 is 73.6 Å². The van der Waals surface area contributed by atoms with Gasteiger partial charge in [0.1, 0.15) is 29.5 Å². The number of aliphatic hydroxyl groups is 1. The van der Waals surface area contributed by atoms with Gasteiger partial charge in [0.2, 0.25) is 5.91 Å². The number of hydrazine groups is 1. The zero-order chi connectivity index (χ0) is 57.4. The molecule has 4 amide bonds. The van der Waals surface area contributed by atoms with Crippen molar-refractivity contribution in [1.29, 1.82) is 0 Å². The maximum Gasteiger partial charge on any atom is 0.407 e. The van der Waals surface area contributed by atoms with Gasteiger partial charge < -0.3 is 40.2 Å². The maximum atomic E-state index is 16.2. The van der Waals surface area contributed by atoms with Gasteiger partial charge in [-0.05, 0) is 101 Å². The van der Waals surface area contributed by atoms with Gasteiger partial charge in [-0.3, -0.25) is 24.6 Å². The van der Waals surface area contributed by atoms with Gasteiger partial charge in [0.05, 0.1) is 68.2 Å². The van der Waals surface area contributed by atoms with Crippen LogP contribution in [0.15, 0.2) is 67.0 Å². The number of piperazine rings is 1. The third-order valence-electron chi connectivity index (χ3n) is 15.6. The number of piperidine rings is 2. The molecule has 2 aromatic heterocycles. The number of nitrogens with one attached hydrogen (secondary N) is 4. The zero-order valence-electron chi connectivity index (χ0n) is 44.3. The molecule has 1 aliphatic carbocycles. The maximum absolute atomic E-state index is 16.2. The van der Waals surface area contributed by atoms with Crippen molar-refractivity contribution in [2.24, 2.45) is 10.8 Å². The number of carbonyl (C=O) groups excluding carboxylic acids is 4. The number of anilines is 1. The molecular weight excluding hydrogens is 1060 g/mol. The normalized spacial score (nSPS) is 19.7. The number of fused-ring (bicyclic) bond motifs is 3. The first-order valence-electron chi connectivity index (χ1n) is 25.7. The molecule has 2 bridgehead atoms. The second-order valence-corrected chi connectivity index (χ2v) is 21.7. The van der Waals surface area contributed by atoms with Gasteiger partial charge in [-0.25, -0.2) is 28.4 Å². The molecule has 0 spiro atoms. The highest BCUT2D eigenvalue weighted by Gasteiger charge is 2.57. The average molecular weight is 1120 g/mol. The van der Waals surface area contributed by atoms with Gasteiger partial charge >= 0.3 is 24.5 Å². The second kappa shape index (κ2) is 23.2. The summed E-state index contributed by atoms with van der Waals surface area (Å²) in [6, 6.07) is 8.52. The van der Waals surface area contributed by atoms with E-state index in [0.29, 0.717) is 62.0 Å². The van der Waals surface area contributed by atoms with E-state index in [0.717, 1.165) is 89.7 Å². The van der Waals surface area contributed by atoms with Gasteiger partial charge in [0, 0.05) is 67.3 Å². The Morgan fingerprint density at radius 2 is 1.30 bits per heavy atom. The number of alkyl halides is 6. The number of methoxy groups -OCH3 is 2. The fourth-order valence-corrected chi connectivity index (χ4v) is 10.0. The Morgan fingerprint density at radius 1 is 0.734 bits per heavy atom. The van der Waals surface area contributed by atoms with Crippen molar-refractivity contribution in [2.75, 3.05) is 52.0 Å². The summed E-state index contributed by atoms with van der Waals surface area (Å²) in [5.41, 5.74) is -2.68. The molecule has 2 aromatic carbocycles. The Bertz CT molecular complexity index is 2800. The Hall–Kier alpha value is -6.64. The minimum atomic E-state index is -5.17. The number of ether oxygens (including phenoxy) is 3. The summed E-state index contributed by atoms with van der Waals surface area (Å²) >= 11 is 0. The number of hydrogen-bond donors (Lipinski definition) is 5. The summed E-state index contributed by atoms with van der Waals surface area (Å²) in [5, 5.41) is 23.3. The van der Waals surface area contributed by atoms with E-state index in [1.807, 2.05) is 22.8 Å². The minimum absolute atomic E-state index is 0.0122. The third kappa shape index (κ3) is 13.0. The molecule has 5 aliphatic rings. The van der Waals surface area contributed by atoms with Crippen LogP contribution in [-0.2, 0) is 36.8 Å². The number of nitrogens with zero attached hydrogens (tertiary/aromatic N) is 6. The molecule has 9 rings (SSSR count). The number of benzene rings is 2. The lowest BCUT2D eigenvalue weighted by molar-refractivity contribution is -0.221. The van der Waals surface area contributed by atoms with Crippen LogP contribution < -0.4 is 26.3 Å². The quantitative estimate of drug-likeness (QED) is 0.0456. The number of pyridine rings is 1. The summed E-state index contributed by atoms with van der Waals surface area (Å²) in [4.78, 5) is 62.8. The molecule has 5 fully saturated rings. The summed E-state index contributed by atoms with van der Waals surface area (Å²) in [6.07, 6.45) is -8.41. The largest absolute Gasteiger partial charge is 0.453 e. The van der Waals surface area contributed by atoms with Crippen LogP contribution in [0.2, 0.25) is 0 Å². The van der Waals surface area contributed by atoms with Gasteiger partial charge in [0.25, 0.3) is 5.91 Å². The molecule has 6 heterocycles. The Labute approximate surface area is 450 Å². The molecule has 26 heteroatoms. The number of amides is 4. The van der Waals surface area contributed by atoms with E-state index < -0.39 is 108 Å². The third-order valence-corrected chi connectivity index (χ3v) is 15.6. The first kappa shape index (κ1) is 58.5. The fraction of sp³-hybridized carbons (Fsp3) is 0.547. The highest BCUT2D eigenvalue weighted by molar-refractivity contribution is 5.87. The van der Waals surface area contributed by atoms with Crippen LogP contribution in [0.4, 0.5) is 50.5 Å². The molecular formula is C53H64F8N10O8. The minimum Gasteiger partial charge on any atom is -0.453 e. The molecule has 4 aliphatic heterocycles. The highest BCUT2D eigenvalue weighted by Crippen LogP contribution is 2.43. The molecule has 79 heavy (non-hydrogen) atoms. The summed E-state index contributed by atoms with van der Waals surface area (Å²) in [7, 11) is 1.68. The first-order chi connectivity index (χ1) is 37.2. The van der Waals surface area contributed by atoms with Gasteiger partial charge in [0.15, 0.2) is 0 Å². The Morgan fingerprint density at radius 3 is 1.81 bits per heavy atom.